The molecule has 0 aliphatic carbocycles. The van der Waals surface area contributed by atoms with Gasteiger partial charge in [0, 0.05) is 0 Å². The van der Waals surface area contributed by atoms with Gasteiger partial charge in [-0.3, -0.25) is 14.5 Å². The predicted octanol–water partition coefficient (Wildman–Crippen LogP) is 0.930. The van der Waals surface area contributed by atoms with Crippen molar-refractivity contribution in [3.05, 3.63) is 11.9 Å². The molecular weight excluding hydrogens is 300 g/mol. The zero-order valence-corrected chi connectivity index (χ0v) is 13.9. The number of carbonyl (C=O) groups excluding carboxylic acids is 2. The van der Waals surface area contributed by atoms with Crippen molar-refractivity contribution in [1.29, 1.82) is 0 Å². The van der Waals surface area contributed by atoms with Crippen molar-refractivity contribution in [1.82, 2.24) is 19.9 Å². The minimum atomic E-state index is -0.505. The maximum absolute atomic E-state index is 12.4. The first-order valence-electron chi connectivity index (χ1n) is 7.96. The first-order chi connectivity index (χ1) is 11.0. The molecule has 8 heteroatoms. The maximum Gasteiger partial charge on any atom is 0.327 e. The quantitative estimate of drug-likeness (QED) is 0.719. The lowest BCUT2D eigenvalue weighted by molar-refractivity contribution is -0.156. The van der Waals surface area contributed by atoms with Gasteiger partial charge in [0.15, 0.2) is 0 Å². The Morgan fingerprint density at radius 2 is 2.22 bits per heavy atom. The lowest BCUT2D eigenvalue weighted by atomic mass is 10.0. The molecule has 1 fully saturated rings. The van der Waals surface area contributed by atoms with Gasteiger partial charge in [-0.2, -0.15) is 0 Å². The highest BCUT2D eigenvalue weighted by atomic mass is 16.5. The summed E-state index contributed by atoms with van der Waals surface area (Å²) in [5.74, 6) is -0.631. The van der Waals surface area contributed by atoms with Gasteiger partial charge in [0.25, 0.3) is 0 Å². The smallest absolute Gasteiger partial charge is 0.327 e. The molecular formula is C15H24N4O4. The molecule has 8 nitrogen and oxygen atoms in total. The number of rotatable bonds is 6. The van der Waals surface area contributed by atoms with E-state index in [4.69, 9.17) is 4.74 Å². The first kappa shape index (κ1) is 17.4. The van der Waals surface area contributed by atoms with E-state index in [9.17, 15) is 9.59 Å². The summed E-state index contributed by atoms with van der Waals surface area (Å²) in [7, 11) is 1.31. The normalized spacial score (nSPS) is 20.0. The fraction of sp³-hybridized carbons (Fsp3) is 0.733. The van der Waals surface area contributed by atoms with Crippen LogP contribution in [0, 0.1) is 0 Å². The highest BCUT2D eigenvalue weighted by molar-refractivity contribution is 5.76. The van der Waals surface area contributed by atoms with Gasteiger partial charge in [-0.25, -0.2) is 4.68 Å². The average molecular weight is 324 g/mol. The molecule has 1 aromatic rings. The molecule has 0 spiro atoms. The van der Waals surface area contributed by atoms with Crippen LogP contribution in [-0.2, 0) is 25.6 Å². The SMILES string of the molecule is CCN1CCCC[C@H]1C(=O)O[C@@H](C)c1cn(CC(=O)OC)nn1. The summed E-state index contributed by atoms with van der Waals surface area (Å²) < 4.78 is 11.5. The lowest BCUT2D eigenvalue weighted by Gasteiger charge is -2.33. The number of methoxy groups -OCH3 is 1. The first-order valence-corrected chi connectivity index (χ1v) is 7.96. The summed E-state index contributed by atoms with van der Waals surface area (Å²) in [6.07, 6.45) is 4.08. The minimum Gasteiger partial charge on any atom is -0.468 e. The van der Waals surface area contributed by atoms with E-state index in [2.05, 4.69) is 19.9 Å². The number of piperidine rings is 1. The molecule has 0 saturated carbocycles. The third-order valence-corrected chi connectivity index (χ3v) is 4.08. The van der Waals surface area contributed by atoms with Crippen LogP contribution in [-0.4, -0.2) is 58.1 Å². The molecule has 2 rings (SSSR count). The second-order valence-electron chi connectivity index (χ2n) is 5.64. The topological polar surface area (TPSA) is 86.5 Å². The fourth-order valence-electron chi connectivity index (χ4n) is 2.72. The Bertz CT molecular complexity index is 545. The summed E-state index contributed by atoms with van der Waals surface area (Å²) in [5, 5.41) is 7.80. The summed E-state index contributed by atoms with van der Waals surface area (Å²) in [5.41, 5.74) is 0.515. The molecule has 1 aliphatic heterocycles. The van der Waals surface area contributed by atoms with Gasteiger partial charge in [-0.05, 0) is 32.9 Å². The van der Waals surface area contributed by atoms with E-state index in [1.807, 2.05) is 6.92 Å². The zero-order valence-electron chi connectivity index (χ0n) is 13.9. The number of hydrogen-bond acceptors (Lipinski definition) is 7. The average Bonchev–Trinajstić information content (AvgIpc) is 3.03. The number of nitrogens with zero attached hydrogens (tertiary/aromatic N) is 4. The number of hydrogen-bond donors (Lipinski definition) is 0. The Morgan fingerprint density at radius 3 is 2.91 bits per heavy atom. The summed E-state index contributed by atoms with van der Waals surface area (Å²) in [4.78, 5) is 25.7. The highest BCUT2D eigenvalue weighted by Crippen LogP contribution is 2.21. The third-order valence-electron chi connectivity index (χ3n) is 4.08. The number of likely N-dealkylation sites (N-methyl/N-ethyl adjacent to an activating group) is 1. The van der Waals surface area contributed by atoms with Crippen LogP contribution < -0.4 is 0 Å². The van der Waals surface area contributed by atoms with Crippen LogP contribution >= 0.6 is 0 Å². The molecule has 0 bridgehead atoms. The standard InChI is InChI=1S/C15H24N4O4/c1-4-18-8-6-5-7-13(18)15(21)23-11(2)12-9-19(17-16-12)10-14(20)22-3/h9,11,13H,4-8,10H2,1-3H3/t11-,13-/m0/s1. The van der Waals surface area contributed by atoms with Crippen molar-refractivity contribution < 1.29 is 19.1 Å². The minimum absolute atomic E-state index is 0.0175. The van der Waals surface area contributed by atoms with Gasteiger partial charge < -0.3 is 9.47 Å². The Balaban J connectivity index is 1.94. The van der Waals surface area contributed by atoms with Gasteiger partial charge in [-0.1, -0.05) is 18.6 Å². The van der Waals surface area contributed by atoms with Crippen LogP contribution in [0.2, 0.25) is 0 Å². The number of aromatic nitrogens is 3. The molecule has 1 aromatic heterocycles. The van der Waals surface area contributed by atoms with E-state index in [-0.39, 0.29) is 18.6 Å². The van der Waals surface area contributed by atoms with Gasteiger partial charge >= 0.3 is 11.9 Å². The lowest BCUT2D eigenvalue weighted by Crippen LogP contribution is -2.45. The van der Waals surface area contributed by atoms with Crippen LogP contribution in [0.5, 0.6) is 0 Å². The van der Waals surface area contributed by atoms with E-state index in [0.717, 1.165) is 32.4 Å². The molecule has 0 aromatic carbocycles. The molecule has 23 heavy (non-hydrogen) atoms. The number of carbonyl (C=O) groups is 2. The van der Waals surface area contributed by atoms with Gasteiger partial charge in [-0.15, -0.1) is 5.10 Å². The van der Waals surface area contributed by atoms with E-state index < -0.39 is 12.1 Å². The van der Waals surface area contributed by atoms with Gasteiger partial charge in [0.1, 0.15) is 24.4 Å². The number of likely N-dealkylation sites (tertiary alicyclic amines) is 1. The second kappa shape index (κ2) is 8.05. The highest BCUT2D eigenvalue weighted by Gasteiger charge is 2.30. The molecule has 0 N–H and O–H groups in total. The molecule has 0 unspecified atom stereocenters. The predicted molar refractivity (Wildman–Crippen MR) is 81.4 cm³/mol. The van der Waals surface area contributed by atoms with Crippen molar-refractivity contribution in [2.24, 2.45) is 0 Å². The van der Waals surface area contributed by atoms with Crippen LogP contribution in [0.4, 0.5) is 0 Å². The van der Waals surface area contributed by atoms with E-state index >= 15 is 0 Å². The Kier molecular flexibility index (Phi) is 6.09. The van der Waals surface area contributed by atoms with Crippen molar-refractivity contribution in [3.63, 3.8) is 0 Å². The van der Waals surface area contributed by atoms with Crippen molar-refractivity contribution in [2.75, 3.05) is 20.2 Å². The third kappa shape index (κ3) is 4.51. The second-order valence-corrected chi connectivity index (χ2v) is 5.64. The molecule has 0 radical (unpaired) electrons. The van der Waals surface area contributed by atoms with Crippen molar-refractivity contribution >= 4 is 11.9 Å². The van der Waals surface area contributed by atoms with E-state index in [0.29, 0.717) is 5.69 Å². The summed E-state index contributed by atoms with van der Waals surface area (Å²) >= 11 is 0. The Morgan fingerprint density at radius 1 is 1.43 bits per heavy atom. The van der Waals surface area contributed by atoms with Gasteiger partial charge in [0.2, 0.25) is 0 Å². The van der Waals surface area contributed by atoms with Crippen LogP contribution in [0.15, 0.2) is 6.20 Å². The van der Waals surface area contributed by atoms with E-state index in [1.165, 1.54) is 11.8 Å². The summed E-state index contributed by atoms with van der Waals surface area (Å²) in [6.45, 7) is 5.55. The molecule has 128 valence electrons. The number of ether oxygens (including phenoxy) is 2. The molecule has 2 atom stereocenters. The maximum atomic E-state index is 12.4. The van der Waals surface area contributed by atoms with Crippen LogP contribution in [0.25, 0.3) is 0 Å². The molecule has 1 saturated heterocycles. The van der Waals surface area contributed by atoms with Gasteiger partial charge in [0.05, 0.1) is 13.3 Å². The zero-order chi connectivity index (χ0) is 16.8. The van der Waals surface area contributed by atoms with Crippen LogP contribution in [0.1, 0.15) is 44.9 Å². The molecule has 0 amide bonds. The molecule has 2 heterocycles. The number of esters is 2. The largest absolute Gasteiger partial charge is 0.468 e. The van der Waals surface area contributed by atoms with Crippen molar-refractivity contribution in [2.45, 2.75) is 51.8 Å². The summed E-state index contributed by atoms with van der Waals surface area (Å²) in [6, 6.07) is -0.179. The van der Waals surface area contributed by atoms with Crippen LogP contribution in [0.3, 0.4) is 0 Å². The monoisotopic (exact) mass is 324 g/mol. The fourth-order valence-corrected chi connectivity index (χ4v) is 2.72. The van der Waals surface area contributed by atoms with E-state index in [1.54, 1.807) is 13.1 Å². The molecule has 1 aliphatic rings. The Hall–Kier alpha value is -1.96. The Labute approximate surface area is 135 Å². The van der Waals surface area contributed by atoms with Crippen molar-refractivity contribution in [3.8, 4) is 0 Å².